The lowest BCUT2D eigenvalue weighted by atomic mass is 9.93. The Morgan fingerprint density at radius 2 is 0.815 bits per heavy atom. The van der Waals surface area contributed by atoms with E-state index in [0.717, 1.165) is 0 Å². The Morgan fingerprint density at radius 1 is 0.556 bits per heavy atom. The standard InChI is InChI=1S/C24H45BP2/c1-21(2,3)26(22(4,5)6)16-18-13-19(15-20(25)14-18)17-27(23(7,8)9)24(10,11)12/h13-15H,16-17,25H2,1-12H3. The topological polar surface area (TPSA) is 0 Å². The van der Waals surface area contributed by atoms with Crippen molar-refractivity contribution in [2.45, 2.75) is 116 Å². The molecule has 1 aromatic rings. The van der Waals surface area contributed by atoms with Crippen LogP contribution in [0.4, 0.5) is 0 Å². The first-order valence-electron chi connectivity index (χ1n) is 10.5. The van der Waals surface area contributed by atoms with Gasteiger partial charge in [0, 0.05) is 0 Å². The van der Waals surface area contributed by atoms with Gasteiger partial charge in [0.05, 0.1) is 0 Å². The molecule has 0 nitrogen and oxygen atoms in total. The Balaban J connectivity index is 3.24. The molecule has 3 heteroatoms. The summed E-state index contributed by atoms with van der Waals surface area (Å²) in [6.45, 7) is 29.2. The van der Waals surface area contributed by atoms with Gasteiger partial charge in [-0.1, -0.05) is 123 Å². The van der Waals surface area contributed by atoms with Crippen LogP contribution in [0.25, 0.3) is 0 Å². The van der Waals surface area contributed by atoms with Gasteiger partial charge in [-0.15, -0.1) is 0 Å². The van der Waals surface area contributed by atoms with Crippen LogP contribution >= 0.6 is 15.8 Å². The van der Waals surface area contributed by atoms with Gasteiger partial charge in [-0.2, -0.15) is 0 Å². The van der Waals surface area contributed by atoms with Crippen LogP contribution in [0.1, 0.15) is 94.2 Å². The third kappa shape index (κ3) is 7.82. The highest BCUT2D eigenvalue weighted by molar-refractivity contribution is 7.60. The summed E-state index contributed by atoms with van der Waals surface area (Å²) < 4.78 is 0. The first-order chi connectivity index (χ1) is 11.8. The van der Waals surface area contributed by atoms with Crippen LogP contribution in [0.15, 0.2) is 18.2 Å². The molecule has 0 saturated heterocycles. The van der Waals surface area contributed by atoms with Crippen molar-refractivity contribution in [1.29, 1.82) is 0 Å². The molecule has 0 bridgehead atoms. The summed E-state index contributed by atoms with van der Waals surface area (Å²) in [4.78, 5) is 0. The minimum atomic E-state index is -0.104. The molecule has 0 aliphatic carbocycles. The van der Waals surface area contributed by atoms with Gasteiger partial charge < -0.3 is 0 Å². The first-order valence-corrected chi connectivity index (χ1v) is 13.5. The molecule has 0 unspecified atom stereocenters. The van der Waals surface area contributed by atoms with Crippen molar-refractivity contribution in [2.24, 2.45) is 0 Å². The van der Waals surface area contributed by atoms with Crippen LogP contribution in [-0.2, 0) is 12.3 Å². The average Bonchev–Trinajstić information content (AvgIpc) is 2.36. The van der Waals surface area contributed by atoms with E-state index in [4.69, 9.17) is 0 Å². The fourth-order valence-corrected chi connectivity index (χ4v) is 11.5. The molecule has 0 saturated carbocycles. The molecule has 27 heavy (non-hydrogen) atoms. The van der Waals surface area contributed by atoms with Crippen LogP contribution in [-0.4, -0.2) is 28.5 Å². The molecule has 0 N–H and O–H groups in total. The summed E-state index contributed by atoms with van der Waals surface area (Å²) in [5, 5.41) is 1.50. The van der Waals surface area contributed by atoms with Crippen LogP contribution < -0.4 is 5.46 Å². The van der Waals surface area contributed by atoms with Crippen molar-refractivity contribution < 1.29 is 0 Å². The molecular weight excluding hydrogens is 361 g/mol. The van der Waals surface area contributed by atoms with Gasteiger partial charge in [0.25, 0.3) is 0 Å². The maximum atomic E-state index is 2.53. The van der Waals surface area contributed by atoms with E-state index in [1.54, 1.807) is 11.1 Å². The average molecular weight is 406 g/mol. The van der Waals surface area contributed by atoms with Crippen molar-refractivity contribution in [1.82, 2.24) is 0 Å². The third-order valence-corrected chi connectivity index (χ3v) is 13.0. The summed E-state index contributed by atoms with van der Waals surface area (Å²) in [7, 11) is 2.07. The van der Waals surface area contributed by atoms with Gasteiger partial charge in [-0.3, -0.25) is 0 Å². The van der Waals surface area contributed by atoms with Gasteiger partial charge in [0.1, 0.15) is 7.85 Å². The second kappa shape index (κ2) is 8.48. The predicted octanol–water partition coefficient (Wildman–Crippen LogP) is 7.10. The lowest BCUT2D eigenvalue weighted by Gasteiger charge is -2.42. The third-order valence-electron chi connectivity index (χ3n) is 5.12. The zero-order chi connectivity index (χ0) is 21.4. The van der Waals surface area contributed by atoms with Crippen molar-refractivity contribution in [3.05, 3.63) is 29.3 Å². The second-order valence-corrected chi connectivity index (χ2v) is 19.9. The lowest BCUT2D eigenvalue weighted by molar-refractivity contribution is 0.702. The molecule has 1 rings (SSSR count). The molecule has 154 valence electrons. The van der Waals surface area contributed by atoms with Gasteiger partial charge in [-0.25, -0.2) is 0 Å². The summed E-state index contributed by atoms with van der Waals surface area (Å²) in [5.74, 6) is 0. The van der Waals surface area contributed by atoms with E-state index in [1.165, 1.54) is 17.8 Å². The van der Waals surface area contributed by atoms with Gasteiger partial charge in [-0.05, 0) is 44.1 Å². The highest BCUT2D eigenvalue weighted by Crippen LogP contribution is 2.62. The van der Waals surface area contributed by atoms with E-state index >= 15 is 0 Å². The van der Waals surface area contributed by atoms with E-state index in [2.05, 4.69) is 109 Å². The van der Waals surface area contributed by atoms with Gasteiger partial charge in [0.2, 0.25) is 0 Å². The molecule has 0 aliphatic heterocycles. The predicted molar refractivity (Wildman–Crippen MR) is 135 cm³/mol. The highest BCUT2D eigenvalue weighted by atomic mass is 31.1. The molecule has 0 heterocycles. The van der Waals surface area contributed by atoms with Crippen LogP contribution in [0.3, 0.4) is 0 Å². The number of hydrogen-bond acceptors (Lipinski definition) is 0. The van der Waals surface area contributed by atoms with E-state index in [1.807, 2.05) is 0 Å². The van der Waals surface area contributed by atoms with Crippen LogP contribution in [0.2, 0.25) is 0 Å². The van der Waals surface area contributed by atoms with Crippen LogP contribution in [0, 0.1) is 0 Å². The molecule has 0 fully saturated rings. The van der Waals surface area contributed by atoms with Crippen LogP contribution in [0.5, 0.6) is 0 Å². The molecule has 0 amide bonds. The zero-order valence-electron chi connectivity index (χ0n) is 20.5. The normalized spacial score (nSPS) is 14.3. The highest BCUT2D eigenvalue weighted by Gasteiger charge is 2.35. The quantitative estimate of drug-likeness (QED) is 0.369. The molecular formula is C24H45BP2. The Labute approximate surface area is 174 Å². The molecule has 0 radical (unpaired) electrons. The maximum absolute atomic E-state index is 2.53. The van der Waals surface area contributed by atoms with Crippen molar-refractivity contribution in [3.63, 3.8) is 0 Å². The molecule has 0 spiro atoms. The van der Waals surface area contributed by atoms with Crippen molar-refractivity contribution in [3.8, 4) is 0 Å². The SMILES string of the molecule is Bc1cc(CP(C(C)(C)C)C(C)(C)C)cc(CP(C(C)(C)C)C(C)(C)C)c1. The Morgan fingerprint density at radius 3 is 1.04 bits per heavy atom. The smallest absolute Gasteiger partial charge is 0.0911 e. The van der Waals surface area contributed by atoms with Gasteiger partial charge in [0.15, 0.2) is 0 Å². The zero-order valence-corrected chi connectivity index (χ0v) is 22.3. The molecule has 0 atom stereocenters. The molecule has 1 aromatic carbocycles. The molecule has 0 aliphatic rings. The largest absolute Gasteiger partial charge is 0.139 e. The molecule has 0 aromatic heterocycles. The monoisotopic (exact) mass is 406 g/mol. The first kappa shape index (κ1) is 25.2. The fourth-order valence-electron chi connectivity index (χ4n) is 4.46. The Hall–Kier alpha value is 0.145. The van der Waals surface area contributed by atoms with Gasteiger partial charge >= 0.3 is 0 Å². The number of hydrogen-bond donors (Lipinski definition) is 0. The Bertz CT molecular complexity index is 541. The maximum Gasteiger partial charge on any atom is 0.139 e. The minimum absolute atomic E-state index is 0.104. The van der Waals surface area contributed by atoms with Crippen molar-refractivity contribution >= 4 is 29.2 Å². The van der Waals surface area contributed by atoms with E-state index in [-0.39, 0.29) is 15.8 Å². The van der Waals surface area contributed by atoms with Crippen molar-refractivity contribution in [2.75, 3.05) is 0 Å². The Kier molecular flexibility index (Phi) is 7.91. The summed E-state index contributed by atoms with van der Waals surface area (Å²) in [5.41, 5.74) is 4.54. The minimum Gasteiger partial charge on any atom is -0.0911 e. The summed E-state index contributed by atoms with van der Waals surface area (Å²) >= 11 is 0. The fraction of sp³-hybridized carbons (Fsp3) is 0.750. The van der Waals surface area contributed by atoms with E-state index in [0.29, 0.717) is 20.6 Å². The number of rotatable bonds is 4. The summed E-state index contributed by atoms with van der Waals surface area (Å²) in [6.07, 6.45) is 2.47. The van der Waals surface area contributed by atoms with E-state index in [9.17, 15) is 0 Å². The number of benzene rings is 1. The second-order valence-electron chi connectivity index (χ2n) is 12.2. The summed E-state index contributed by atoms with van der Waals surface area (Å²) in [6, 6.07) is 7.41. The van der Waals surface area contributed by atoms with E-state index < -0.39 is 0 Å². The lowest BCUT2D eigenvalue weighted by Crippen LogP contribution is -2.26.